The molecule has 6 heteroatoms. The molecule has 0 aromatic carbocycles. The lowest BCUT2D eigenvalue weighted by molar-refractivity contribution is 0.276. The Morgan fingerprint density at radius 3 is 2.63 bits per heavy atom. The van der Waals surface area contributed by atoms with Crippen molar-refractivity contribution >= 4 is 10.0 Å². The maximum atomic E-state index is 12.5. The number of aromatic nitrogens is 1. The number of nitrogens with zero attached hydrogens (tertiary/aromatic N) is 2. The molecule has 0 unspecified atom stereocenters. The van der Waals surface area contributed by atoms with E-state index in [0.717, 1.165) is 12.8 Å². The van der Waals surface area contributed by atoms with E-state index in [1.54, 1.807) is 29.6 Å². The monoisotopic (exact) mass is 283 g/mol. The number of nitrogens with two attached hydrogens (primary N) is 1. The van der Waals surface area contributed by atoms with Crippen LogP contribution in [0.5, 0.6) is 0 Å². The highest BCUT2D eigenvalue weighted by Gasteiger charge is 2.33. The zero-order valence-corrected chi connectivity index (χ0v) is 12.0. The van der Waals surface area contributed by atoms with E-state index in [4.69, 9.17) is 5.73 Å². The SMILES string of the molecule is C[C@H](c1ccccn1)S(=O)(=O)N1CCC(CN)CC1. The van der Waals surface area contributed by atoms with Crippen LogP contribution in [-0.2, 0) is 10.0 Å². The van der Waals surface area contributed by atoms with Gasteiger partial charge in [0.25, 0.3) is 0 Å². The van der Waals surface area contributed by atoms with Crippen LogP contribution in [0.4, 0.5) is 0 Å². The van der Waals surface area contributed by atoms with Crippen molar-refractivity contribution in [3.63, 3.8) is 0 Å². The summed E-state index contributed by atoms with van der Waals surface area (Å²) in [5.41, 5.74) is 6.23. The summed E-state index contributed by atoms with van der Waals surface area (Å²) in [7, 11) is -3.32. The van der Waals surface area contributed by atoms with Crippen molar-refractivity contribution < 1.29 is 8.42 Å². The summed E-state index contributed by atoms with van der Waals surface area (Å²) >= 11 is 0. The lowest BCUT2D eigenvalue weighted by atomic mass is 9.99. The van der Waals surface area contributed by atoms with Gasteiger partial charge in [-0.3, -0.25) is 4.98 Å². The first-order valence-electron chi connectivity index (χ1n) is 6.65. The smallest absolute Gasteiger partial charge is 0.222 e. The van der Waals surface area contributed by atoms with Gasteiger partial charge in [0.2, 0.25) is 10.0 Å². The van der Waals surface area contributed by atoms with Gasteiger partial charge in [-0.25, -0.2) is 12.7 Å². The van der Waals surface area contributed by atoms with E-state index in [-0.39, 0.29) is 0 Å². The highest BCUT2D eigenvalue weighted by atomic mass is 32.2. The van der Waals surface area contributed by atoms with E-state index in [2.05, 4.69) is 4.98 Å². The van der Waals surface area contributed by atoms with E-state index < -0.39 is 15.3 Å². The first-order valence-corrected chi connectivity index (χ1v) is 8.16. The Morgan fingerprint density at radius 1 is 1.42 bits per heavy atom. The van der Waals surface area contributed by atoms with Crippen molar-refractivity contribution in [1.29, 1.82) is 0 Å². The molecular formula is C13H21N3O2S. The molecule has 19 heavy (non-hydrogen) atoms. The highest BCUT2D eigenvalue weighted by Crippen LogP contribution is 2.27. The number of piperidine rings is 1. The molecule has 0 spiro atoms. The zero-order chi connectivity index (χ0) is 13.9. The quantitative estimate of drug-likeness (QED) is 0.899. The van der Waals surface area contributed by atoms with Crippen LogP contribution in [-0.4, -0.2) is 37.3 Å². The second kappa shape index (κ2) is 5.98. The van der Waals surface area contributed by atoms with Gasteiger partial charge in [-0.15, -0.1) is 0 Å². The number of rotatable bonds is 4. The first-order chi connectivity index (χ1) is 9.05. The number of hydrogen-bond donors (Lipinski definition) is 1. The Labute approximate surface area is 114 Å². The second-order valence-corrected chi connectivity index (χ2v) is 7.27. The van der Waals surface area contributed by atoms with E-state index in [1.165, 1.54) is 0 Å². The largest absolute Gasteiger partial charge is 0.330 e. The minimum absolute atomic E-state index is 0.455. The van der Waals surface area contributed by atoms with Crippen LogP contribution in [0.15, 0.2) is 24.4 Å². The minimum Gasteiger partial charge on any atom is -0.330 e. The van der Waals surface area contributed by atoms with Gasteiger partial charge in [0.05, 0.1) is 5.69 Å². The van der Waals surface area contributed by atoms with E-state index in [1.807, 2.05) is 6.07 Å². The summed E-state index contributed by atoms with van der Waals surface area (Å²) < 4.78 is 26.7. The summed E-state index contributed by atoms with van der Waals surface area (Å²) in [4.78, 5) is 4.15. The molecule has 2 heterocycles. The van der Waals surface area contributed by atoms with Gasteiger partial charge in [-0.2, -0.15) is 0 Å². The van der Waals surface area contributed by atoms with Gasteiger partial charge in [0.1, 0.15) is 5.25 Å². The Kier molecular flexibility index (Phi) is 4.54. The standard InChI is InChI=1S/C13H21N3O2S/c1-11(13-4-2-3-7-15-13)19(17,18)16-8-5-12(10-14)6-9-16/h2-4,7,11-12H,5-6,8-10,14H2,1H3/t11-/m1/s1. The number of sulfonamides is 1. The summed E-state index contributed by atoms with van der Waals surface area (Å²) in [5.74, 6) is 0.455. The third-order valence-electron chi connectivity index (χ3n) is 3.82. The van der Waals surface area contributed by atoms with Crippen molar-refractivity contribution in [2.45, 2.75) is 25.0 Å². The third-order valence-corrected chi connectivity index (χ3v) is 6.04. The Balaban J connectivity index is 2.11. The molecule has 106 valence electrons. The summed E-state index contributed by atoms with van der Waals surface area (Å²) in [6, 6.07) is 5.36. The van der Waals surface area contributed by atoms with Gasteiger partial charge in [0, 0.05) is 19.3 Å². The zero-order valence-electron chi connectivity index (χ0n) is 11.2. The molecule has 1 aliphatic rings. The molecule has 2 N–H and O–H groups in total. The van der Waals surface area contributed by atoms with Crippen LogP contribution < -0.4 is 5.73 Å². The summed E-state index contributed by atoms with van der Waals surface area (Å²) in [5, 5.41) is -0.594. The fourth-order valence-electron chi connectivity index (χ4n) is 2.39. The van der Waals surface area contributed by atoms with Gasteiger partial charge >= 0.3 is 0 Å². The van der Waals surface area contributed by atoms with Crippen molar-refractivity contribution in [2.75, 3.05) is 19.6 Å². The normalized spacial score (nSPS) is 20.3. The molecule has 0 aliphatic carbocycles. The van der Waals surface area contributed by atoms with Gasteiger partial charge in [-0.1, -0.05) is 6.07 Å². The van der Waals surface area contributed by atoms with Crippen LogP contribution in [0.25, 0.3) is 0 Å². The van der Waals surface area contributed by atoms with E-state index in [9.17, 15) is 8.42 Å². The van der Waals surface area contributed by atoms with Crippen LogP contribution in [0.1, 0.15) is 30.7 Å². The minimum atomic E-state index is -3.32. The molecule has 1 aromatic heterocycles. The highest BCUT2D eigenvalue weighted by molar-refractivity contribution is 7.89. The molecular weight excluding hydrogens is 262 g/mol. The predicted octanol–water partition coefficient (Wildman–Crippen LogP) is 1.14. The molecule has 1 atom stereocenters. The molecule has 0 radical (unpaired) electrons. The van der Waals surface area contributed by atoms with Crippen LogP contribution >= 0.6 is 0 Å². The van der Waals surface area contributed by atoms with Gasteiger partial charge in [0.15, 0.2) is 0 Å². The van der Waals surface area contributed by atoms with Crippen molar-refractivity contribution in [3.8, 4) is 0 Å². The Morgan fingerprint density at radius 2 is 2.11 bits per heavy atom. The number of pyridine rings is 1. The lowest BCUT2D eigenvalue weighted by Crippen LogP contribution is -2.41. The second-order valence-electron chi connectivity index (χ2n) is 5.02. The Hall–Kier alpha value is -0.980. The molecule has 1 fully saturated rings. The van der Waals surface area contributed by atoms with Crippen molar-refractivity contribution in [1.82, 2.24) is 9.29 Å². The maximum absolute atomic E-state index is 12.5. The fourth-order valence-corrected chi connectivity index (χ4v) is 4.00. The molecule has 1 saturated heterocycles. The van der Waals surface area contributed by atoms with Crippen molar-refractivity contribution in [3.05, 3.63) is 30.1 Å². The van der Waals surface area contributed by atoms with Crippen LogP contribution in [0, 0.1) is 5.92 Å². The Bertz CT molecular complexity index is 496. The molecule has 1 aliphatic heterocycles. The van der Waals surface area contributed by atoms with Gasteiger partial charge in [-0.05, 0) is 44.4 Å². The van der Waals surface area contributed by atoms with E-state index in [0.29, 0.717) is 31.2 Å². The molecule has 0 amide bonds. The third kappa shape index (κ3) is 3.13. The first kappa shape index (κ1) is 14.4. The van der Waals surface area contributed by atoms with E-state index >= 15 is 0 Å². The topological polar surface area (TPSA) is 76.3 Å². The molecule has 5 nitrogen and oxygen atoms in total. The fraction of sp³-hybridized carbons (Fsp3) is 0.615. The van der Waals surface area contributed by atoms with Crippen molar-refractivity contribution in [2.24, 2.45) is 11.7 Å². The van der Waals surface area contributed by atoms with Crippen LogP contribution in [0.2, 0.25) is 0 Å². The van der Waals surface area contributed by atoms with Gasteiger partial charge < -0.3 is 5.73 Å². The van der Waals surface area contributed by atoms with Crippen LogP contribution in [0.3, 0.4) is 0 Å². The average Bonchev–Trinajstić information content (AvgIpc) is 2.47. The molecule has 2 rings (SSSR count). The lowest BCUT2D eigenvalue weighted by Gasteiger charge is -2.32. The average molecular weight is 283 g/mol. The number of hydrogen-bond acceptors (Lipinski definition) is 4. The molecule has 0 bridgehead atoms. The maximum Gasteiger partial charge on any atom is 0.222 e. The summed E-state index contributed by atoms with van der Waals surface area (Å²) in [6.07, 6.45) is 3.33. The molecule has 0 saturated carbocycles. The summed E-state index contributed by atoms with van der Waals surface area (Å²) in [6.45, 7) is 3.49. The predicted molar refractivity (Wildman–Crippen MR) is 74.9 cm³/mol. The molecule has 1 aromatic rings.